The van der Waals surface area contributed by atoms with Gasteiger partial charge in [-0.3, -0.25) is 9.59 Å². The molecule has 4 rings (SSSR count). The Hall–Kier alpha value is -2.74. The normalized spacial score (nSPS) is 17.1. The average molecular weight is 355 g/mol. The van der Waals surface area contributed by atoms with Crippen LogP contribution in [0, 0.1) is 0 Å². The minimum absolute atomic E-state index is 0.195. The van der Waals surface area contributed by atoms with Gasteiger partial charge in [0.25, 0.3) is 11.5 Å². The third-order valence-electron chi connectivity index (χ3n) is 4.87. The third-order valence-corrected chi connectivity index (χ3v) is 4.87. The van der Waals surface area contributed by atoms with Gasteiger partial charge in [0.2, 0.25) is 5.95 Å². The van der Waals surface area contributed by atoms with Crippen molar-refractivity contribution >= 4 is 11.9 Å². The second kappa shape index (κ2) is 6.87. The minimum atomic E-state index is -0.278. The van der Waals surface area contributed by atoms with Crippen molar-refractivity contribution in [2.24, 2.45) is 7.05 Å². The van der Waals surface area contributed by atoms with Crippen molar-refractivity contribution in [3.8, 4) is 0 Å². The average Bonchev–Trinajstić information content (AvgIpc) is 2.69. The second-order valence-electron chi connectivity index (χ2n) is 6.56. The fourth-order valence-electron chi connectivity index (χ4n) is 3.31. The summed E-state index contributed by atoms with van der Waals surface area (Å²) in [7, 11) is 1.65. The van der Waals surface area contributed by atoms with Crippen molar-refractivity contribution in [2.45, 2.75) is 13.0 Å². The molecule has 0 aliphatic carbocycles. The van der Waals surface area contributed by atoms with E-state index in [0.717, 1.165) is 24.3 Å². The number of fused-ring (bicyclic) bond motifs is 1. The number of anilines is 1. The fourth-order valence-corrected chi connectivity index (χ4v) is 3.31. The number of carbonyl (C=O) groups excluding carboxylic acids is 1. The number of amides is 1. The number of aromatic nitrogens is 3. The van der Waals surface area contributed by atoms with Gasteiger partial charge in [-0.05, 0) is 24.1 Å². The number of carbonyl (C=O) groups is 1. The van der Waals surface area contributed by atoms with Crippen molar-refractivity contribution in [3.63, 3.8) is 0 Å². The van der Waals surface area contributed by atoms with Gasteiger partial charge in [-0.1, -0.05) is 0 Å². The lowest BCUT2D eigenvalue weighted by Gasteiger charge is -2.30. The molecule has 2 aliphatic rings. The predicted octanol–water partition coefficient (Wildman–Crippen LogP) is 0.210. The Kier molecular flexibility index (Phi) is 4.42. The first-order valence-electron chi connectivity index (χ1n) is 8.76. The maximum Gasteiger partial charge on any atom is 0.263 e. The van der Waals surface area contributed by atoms with Crippen LogP contribution in [0.25, 0.3) is 0 Å². The number of nitrogens with zero attached hydrogens (tertiary/aromatic N) is 5. The summed E-state index contributed by atoms with van der Waals surface area (Å²) in [6, 6.07) is 3.30. The highest BCUT2D eigenvalue weighted by Crippen LogP contribution is 2.20. The first-order valence-corrected chi connectivity index (χ1v) is 8.76. The Balaban J connectivity index is 1.57. The molecule has 0 aromatic carbocycles. The van der Waals surface area contributed by atoms with Crippen LogP contribution in [0.2, 0.25) is 0 Å². The van der Waals surface area contributed by atoms with Crippen molar-refractivity contribution in [2.75, 3.05) is 37.7 Å². The van der Waals surface area contributed by atoms with Gasteiger partial charge in [0, 0.05) is 39.1 Å². The smallest absolute Gasteiger partial charge is 0.263 e. The van der Waals surface area contributed by atoms with Gasteiger partial charge in [0.15, 0.2) is 0 Å². The van der Waals surface area contributed by atoms with Gasteiger partial charge in [0.05, 0.1) is 25.5 Å². The Morgan fingerprint density at radius 1 is 1.23 bits per heavy atom. The van der Waals surface area contributed by atoms with E-state index in [1.807, 2.05) is 6.20 Å². The van der Waals surface area contributed by atoms with E-state index in [4.69, 9.17) is 4.74 Å². The van der Waals surface area contributed by atoms with E-state index in [-0.39, 0.29) is 17.0 Å². The summed E-state index contributed by atoms with van der Waals surface area (Å²) in [5.41, 5.74) is 1.83. The van der Waals surface area contributed by atoms with Gasteiger partial charge in [-0.15, -0.1) is 0 Å². The molecule has 4 heterocycles. The highest BCUT2D eigenvalue weighted by molar-refractivity contribution is 5.93. The number of hydrogen-bond acceptors (Lipinski definition) is 6. The van der Waals surface area contributed by atoms with Gasteiger partial charge in [-0.25, -0.2) is 9.97 Å². The zero-order valence-electron chi connectivity index (χ0n) is 14.7. The molecule has 0 atom stereocenters. The largest absolute Gasteiger partial charge is 0.378 e. The zero-order valence-corrected chi connectivity index (χ0v) is 14.7. The summed E-state index contributed by atoms with van der Waals surface area (Å²) in [4.78, 5) is 38.0. The fraction of sp³-hybridized carbons (Fsp3) is 0.444. The molecule has 0 radical (unpaired) electrons. The van der Waals surface area contributed by atoms with Gasteiger partial charge < -0.3 is 19.1 Å². The van der Waals surface area contributed by atoms with E-state index in [0.29, 0.717) is 38.7 Å². The van der Waals surface area contributed by atoms with Crippen LogP contribution >= 0.6 is 0 Å². The molecule has 0 N–H and O–H groups in total. The quantitative estimate of drug-likeness (QED) is 0.766. The molecular weight excluding hydrogens is 334 g/mol. The second-order valence-corrected chi connectivity index (χ2v) is 6.56. The van der Waals surface area contributed by atoms with Crippen LogP contribution < -0.4 is 10.5 Å². The summed E-state index contributed by atoms with van der Waals surface area (Å²) in [6.07, 6.45) is 4.19. The molecule has 1 fully saturated rings. The Labute approximate surface area is 151 Å². The summed E-state index contributed by atoms with van der Waals surface area (Å²) in [5, 5.41) is 0. The summed E-state index contributed by atoms with van der Waals surface area (Å²) < 4.78 is 6.79. The molecule has 0 bridgehead atoms. The van der Waals surface area contributed by atoms with E-state index in [9.17, 15) is 9.59 Å². The molecular formula is C18H21N5O3. The van der Waals surface area contributed by atoms with Gasteiger partial charge in [0.1, 0.15) is 5.56 Å². The Morgan fingerprint density at radius 2 is 2.04 bits per heavy atom. The molecule has 0 saturated carbocycles. The van der Waals surface area contributed by atoms with Crippen molar-refractivity contribution < 1.29 is 9.53 Å². The SMILES string of the molecule is Cn1cccc(C(=O)N2CCc3cnc(N4CCOCC4)nc3C2)c1=O. The number of rotatable bonds is 2. The van der Waals surface area contributed by atoms with E-state index in [1.54, 1.807) is 30.3 Å². The first kappa shape index (κ1) is 16.7. The maximum atomic E-state index is 12.8. The van der Waals surface area contributed by atoms with Crippen LogP contribution in [0.5, 0.6) is 0 Å². The topological polar surface area (TPSA) is 80.6 Å². The van der Waals surface area contributed by atoms with E-state index >= 15 is 0 Å². The van der Waals surface area contributed by atoms with Crippen LogP contribution in [-0.2, 0) is 24.8 Å². The number of hydrogen-bond donors (Lipinski definition) is 0. The molecule has 26 heavy (non-hydrogen) atoms. The molecule has 0 unspecified atom stereocenters. The molecule has 8 nitrogen and oxygen atoms in total. The summed E-state index contributed by atoms with van der Waals surface area (Å²) in [6.45, 7) is 3.82. The highest BCUT2D eigenvalue weighted by Gasteiger charge is 2.26. The molecule has 2 aromatic heterocycles. The standard InChI is InChI=1S/C18H21N5O3/c1-21-5-2-3-14(16(21)24)17(25)23-6-4-13-11-19-18(20-15(13)12-23)22-7-9-26-10-8-22/h2-3,5,11H,4,6-10,12H2,1H3. The predicted molar refractivity (Wildman–Crippen MR) is 95.2 cm³/mol. The molecule has 2 aliphatic heterocycles. The molecule has 0 spiro atoms. The molecule has 8 heteroatoms. The number of ether oxygens (including phenoxy) is 1. The number of pyridine rings is 1. The minimum Gasteiger partial charge on any atom is -0.378 e. The van der Waals surface area contributed by atoms with E-state index in [2.05, 4.69) is 14.9 Å². The third kappa shape index (κ3) is 3.08. The van der Waals surface area contributed by atoms with Crippen LogP contribution in [0.3, 0.4) is 0 Å². The van der Waals surface area contributed by atoms with Crippen molar-refractivity contribution in [1.82, 2.24) is 19.4 Å². The van der Waals surface area contributed by atoms with E-state index in [1.165, 1.54) is 4.57 Å². The lowest BCUT2D eigenvalue weighted by molar-refractivity contribution is 0.0729. The van der Waals surface area contributed by atoms with Crippen LogP contribution in [0.1, 0.15) is 21.6 Å². The summed E-state index contributed by atoms with van der Waals surface area (Å²) in [5.74, 6) is 0.431. The number of aryl methyl sites for hydroxylation is 1. The lowest BCUT2D eigenvalue weighted by Crippen LogP contribution is -2.41. The van der Waals surface area contributed by atoms with Gasteiger partial charge in [-0.2, -0.15) is 0 Å². The molecule has 1 amide bonds. The monoisotopic (exact) mass is 355 g/mol. The van der Waals surface area contributed by atoms with Crippen LogP contribution in [-0.4, -0.2) is 58.2 Å². The summed E-state index contributed by atoms with van der Waals surface area (Å²) >= 11 is 0. The van der Waals surface area contributed by atoms with Gasteiger partial charge >= 0.3 is 0 Å². The van der Waals surface area contributed by atoms with Crippen molar-refractivity contribution in [3.05, 3.63) is 51.7 Å². The lowest BCUT2D eigenvalue weighted by atomic mass is 10.1. The van der Waals surface area contributed by atoms with Crippen LogP contribution in [0.15, 0.2) is 29.3 Å². The van der Waals surface area contributed by atoms with Crippen LogP contribution in [0.4, 0.5) is 5.95 Å². The molecule has 1 saturated heterocycles. The molecule has 2 aromatic rings. The highest BCUT2D eigenvalue weighted by atomic mass is 16.5. The zero-order chi connectivity index (χ0) is 18.1. The Morgan fingerprint density at radius 3 is 2.85 bits per heavy atom. The van der Waals surface area contributed by atoms with E-state index < -0.39 is 0 Å². The molecule has 136 valence electrons. The first-order chi connectivity index (χ1) is 12.6. The maximum absolute atomic E-state index is 12.8. The Bertz CT molecular complexity index is 889. The number of morpholine rings is 1. The van der Waals surface area contributed by atoms with Crippen molar-refractivity contribution in [1.29, 1.82) is 0 Å².